The lowest BCUT2D eigenvalue weighted by Crippen LogP contribution is -2.44. The van der Waals surface area contributed by atoms with E-state index in [0.717, 1.165) is 38.5 Å². The number of rotatable bonds is 19. The standard InChI is InChI=1S/C24H48NO4/c1-6-8-10-12-13-14-15-17-19-28-24(27)20-22(21-25(3,4)5)29-23(26)18-16-11-9-7-2/h22H,6-21H2,1-5H3/q+1/t22-/m1/s1. The van der Waals surface area contributed by atoms with Crippen LogP contribution in [0.15, 0.2) is 0 Å². The molecule has 0 bridgehead atoms. The van der Waals surface area contributed by atoms with Crippen molar-refractivity contribution < 1.29 is 23.5 Å². The van der Waals surface area contributed by atoms with Crippen molar-refractivity contribution in [3.63, 3.8) is 0 Å². The second-order valence-electron chi connectivity index (χ2n) is 9.29. The van der Waals surface area contributed by atoms with Crippen molar-refractivity contribution in [2.24, 2.45) is 0 Å². The quantitative estimate of drug-likeness (QED) is 0.156. The van der Waals surface area contributed by atoms with Crippen LogP contribution in [0.3, 0.4) is 0 Å². The molecular formula is C24H48NO4+. The predicted molar refractivity (Wildman–Crippen MR) is 120 cm³/mol. The number of unbranched alkanes of at least 4 members (excludes halogenated alkanes) is 10. The van der Waals surface area contributed by atoms with E-state index in [9.17, 15) is 9.59 Å². The van der Waals surface area contributed by atoms with Gasteiger partial charge in [-0.3, -0.25) is 9.59 Å². The molecule has 0 N–H and O–H groups in total. The Kier molecular flexibility index (Phi) is 17.1. The maximum atomic E-state index is 12.2. The lowest BCUT2D eigenvalue weighted by molar-refractivity contribution is -0.873. The van der Waals surface area contributed by atoms with E-state index in [2.05, 4.69) is 13.8 Å². The van der Waals surface area contributed by atoms with E-state index >= 15 is 0 Å². The van der Waals surface area contributed by atoms with Crippen molar-refractivity contribution in [3.05, 3.63) is 0 Å². The third-order valence-electron chi connectivity index (χ3n) is 4.94. The minimum Gasteiger partial charge on any atom is -0.466 e. The van der Waals surface area contributed by atoms with Crippen molar-refractivity contribution >= 4 is 11.9 Å². The molecule has 0 saturated heterocycles. The highest BCUT2D eigenvalue weighted by molar-refractivity contribution is 5.72. The van der Waals surface area contributed by atoms with E-state index in [0.29, 0.717) is 24.1 Å². The van der Waals surface area contributed by atoms with Gasteiger partial charge in [0.05, 0.1) is 34.2 Å². The fourth-order valence-corrected chi connectivity index (χ4v) is 3.36. The van der Waals surface area contributed by atoms with Gasteiger partial charge in [-0.15, -0.1) is 0 Å². The van der Waals surface area contributed by atoms with Gasteiger partial charge in [-0.25, -0.2) is 0 Å². The third kappa shape index (κ3) is 20.0. The first kappa shape index (κ1) is 27.9. The first-order chi connectivity index (χ1) is 13.8. The molecule has 0 aliphatic rings. The van der Waals surface area contributed by atoms with Crippen molar-refractivity contribution in [3.8, 4) is 0 Å². The number of carbonyl (C=O) groups is 2. The molecule has 0 radical (unpaired) electrons. The Balaban J connectivity index is 4.09. The molecule has 0 rings (SSSR count). The summed E-state index contributed by atoms with van der Waals surface area (Å²) in [5.41, 5.74) is 0. The van der Waals surface area contributed by atoms with Crippen molar-refractivity contribution in [2.45, 2.75) is 110 Å². The maximum absolute atomic E-state index is 12.2. The number of likely N-dealkylation sites (N-methyl/N-ethyl adjacent to an activating group) is 1. The van der Waals surface area contributed by atoms with E-state index in [1.54, 1.807) is 0 Å². The normalized spacial score (nSPS) is 12.6. The highest BCUT2D eigenvalue weighted by Gasteiger charge is 2.25. The molecule has 0 heterocycles. The van der Waals surface area contributed by atoms with Crippen LogP contribution in [0.2, 0.25) is 0 Å². The number of quaternary nitrogens is 1. The summed E-state index contributed by atoms with van der Waals surface area (Å²) in [5, 5.41) is 0. The Bertz CT molecular complexity index is 418. The van der Waals surface area contributed by atoms with Gasteiger partial charge in [-0.1, -0.05) is 78.1 Å². The van der Waals surface area contributed by atoms with Gasteiger partial charge in [0.1, 0.15) is 6.54 Å². The van der Waals surface area contributed by atoms with Crippen LogP contribution in [0, 0.1) is 0 Å². The molecule has 172 valence electrons. The summed E-state index contributed by atoms with van der Waals surface area (Å²) in [6, 6.07) is 0. The predicted octanol–water partition coefficient (Wildman–Crippen LogP) is 5.65. The van der Waals surface area contributed by atoms with Crippen LogP contribution in [-0.4, -0.2) is 56.8 Å². The van der Waals surface area contributed by atoms with Crippen molar-refractivity contribution in [1.29, 1.82) is 0 Å². The van der Waals surface area contributed by atoms with E-state index in [1.807, 2.05) is 21.1 Å². The summed E-state index contributed by atoms with van der Waals surface area (Å²) in [7, 11) is 6.11. The molecule has 0 fully saturated rings. The average molecular weight is 415 g/mol. The SMILES string of the molecule is CCCCCCCCCCOC(=O)C[C@H](C[N+](C)(C)C)OC(=O)CCCCCC. The molecule has 0 unspecified atom stereocenters. The maximum Gasteiger partial charge on any atom is 0.309 e. The smallest absolute Gasteiger partial charge is 0.309 e. The fraction of sp³-hybridized carbons (Fsp3) is 0.917. The van der Waals surface area contributed by atoms with E-state index in [4.69, 9.17) is 9.47 Å². The molecule has 0 aromatic heterocycles. The number of nitrogens with zero attached hydrogens (tertiary/aromatic N) is 1. The molecule has 0 saturated carbocycles. The van der Waals surface area contributed by atoms with Crippen LogP contribution >= 0.6 is 0 Å². The summed E-state index contributed by atoms with van der Waals surface area (Å²) < 4.78 is 11.6. The van der Waals surface area contributed by atoms with Crippen LogP contribution in [0.4, 0.5) is 0 Å². The largest absolute Gasteiger partial charge is 0.466 e. The van der Waals surface area contributed by atoms with Crippen LogP contribution < -0.4 is 0 Å². The third-order valence-corrected chi connectivity index (χ3v) is 4.94. The number of hydrogen-bond donors (Lipinski definition) is 0. The van der Waals surface area contributed by atoms with Crippen LogP contribution in [-0.2, 0) is 19.1 Å². The molecule has 0 aromatic carbocycles. The summed E-state index contributed by atoms with van der Waals surface area (Å²) >= 11 is 0. The lowest BCUT2D eigenvalue weighted by Gasteiger charge is -2.28. The second-order valence-corrected chi connectivity index (χ2v) is 9.29. The number of carbonyl (C=O) groups excluding carboxylic acids is 2. The van der Waals surface area contributed by atoms with Gasteiger partial charge in [0.2, 0.25) is 0 Å². The zero-order chi connectivity index (χ0) is 22.0. The van der Waals surface area contributed by atoms with Gasteiger partial charge in [0.15, 0.2) is 6.10 Å². The topological polar surface area (TPSA) is 52.6 Å². The van der Waals surface area contributed by atoms with Crippen molar-refractivity contribution in [2.75, 3.05) is 34.3 Å². The Morgan fingerprint density at radius 3 is 1.79 bits per heavy atom. The zero-order valence-electron chi connectivity index (χ0n) is 20.0. The number of ether oxygens (including phenoxy) is 2. The molecule has 0 aromatic rings. The Hall–Kier alpha value is -1.10. The average Bonchev–Trinajstić information content (AvgIpc) is 2.62. The van der Waals surface area contributed by atoms with Gasteiger partial charge in [-0.05, 0) is 12.8 Å². The van der Waals surface area contributed by atoms with Crippen LogP contribution in [0.25, 0.3) is 0 Å². The number of hydrogen-bond acceptors (Lipinski definition) is 4. The van der Waals surface area contributed by atoms with Crippen molar-refractivity contribution in [1.82, 2.24) is 0 Å². The van der Waals surface area contributed by atoms with Crippen LogP contribution in [0.5, 0.6) is 0 Å². The van der Waals surface area contributed by atoms with E-state index in [-0.39, 0.29) is 18.4 Å². The Morgan fingerprint density at radius 2 is 1.24 bits per heavy atom. The van der Waals surface area contributed by atoms with Gasteiger partial charge >= 0.3 is 11.9 Å². The highest BCUT2D eigenvalue weighted by atomic mass is 16.6. The lowest BCUT2D eigenvalue weighted by atomic mass is 10.1. The molecular weight excluding hydrogens is 366 g/mol. The first-order valence-corrected chi connectivity index (χ1v) is 11.9. The Labute approximate surface area is 180 Å². The van der Waals surface area contributed by atoms with Crippen LogP contribution in [0.1, 0.15) is 104 Å². The molecule has 1 atom stereocenters. The monoisotopic (exact) mass is 414 g/mol. The fourth-order valence-electron chi connectivity index (χ4n) is 3.36. The summed E-state index contributed by atoms with van der Waals surface area (Å²) in [4.78, 5) is 24.3. The molecule has 0 spiro atoms. The number of esters is 2. The summed E-state index contributed by atoms with van der Waals surface area (Å²) in [6.45, 7) is 5.45. The molecule has 0 amide bonds. The summed E-state index contributed by atoms with van der Waals surface area (Å²) in [5.74, 6) is -0.458. The molecule has 0 aliphatic heterocycles. The van der Waals surface area contributed by atoms with Gasteiger partial charge < -0.3 is 14.0 Å². The molecule has 0 aliphatic carbocycles. The molecule has 29 heavy (non-hydrogen) atoms. The van der Waals surface area contributed by atoms with E-state index < -0.39 is 6.10 Å². The highest BCUT2D eigenvalue weighted by Crippen LogP contribution is 2.11. The van der Waals surface area contributed by atoms with E-state index in [1.165, 1.54) is 38.5 Å². The van der Waals surface area contributed by atoms with Gasteiger partial charge in [-0.2, -0.15) is 0 Å². The molecule has 5 nitrogen and oxygen atoms in total. The van der Waals surface area contributed by atoms with Gasteiger partial charge in [0, 0.05) is 6.42 Å². The second kappa shape index (κ2) is 17.7. The minimum absolute atomic E-state index is 0.146. The Morgan fingerprint density at radius 1 is 0.724 bits per heavy atom. The van der Waals surface area contributed by atoms with Gasteiger partial charge in [0.25, 0.3) is 0 Å². The summed E-state index contributed by atoms with van der Waals surface area (Å²) in [6.07, 6.45) is 14.1. The zero-order valence-corrected chi connectivity index (χ0v) is 20.0. The first-order valence-electron chi connectivity index (χ1n) is 11.9. The minimum atomic E-state index is -0.417. The molecule has 5 heteroatoms.